The highest BCUT2D eigenvalue weighted by molar-refractivity contribution is 5.91. The van der Waals surface area contributed by atoms with Gasteiger partial charge in [0.1, 0.15) is 17.9 Å². The minimum atomic E-state index is 0.152. The number of hydrogen-bond donors (Lipinski definition) is 1. The highest BCUT2D eigenvalue weighted by Gasteiger charge is 2.51. The molecule has 2 heterocycles. The molecule has 186 valence electrons. The Balaban J connectivity index is 1.08. The molecular formula is C29H38N4O2. The molecule has 1 aromatic carbocycles. The Kier molecular flexibility index (Phi) is 6.03. The second-order valence-electron chi connectivity index (χ2n) is 12.1. The van der Waals surface area contributed by atoms with E-state index in [4.69, 9.17) is 4.74 Å². The molecule has 1 amide bonds. The Bertz CT molecular complexity index is 1050. The van der Waals surface area contributed by atoms with Crippen molar-refractivity contribution in [2.24, 2.45) is 23.2 Å². The number of aromatic nitrogens is 2. The van der Waals surface area contributed by atoms with E-state index in [1.165, 1.54) is 44.1 Å². The number of fused-ring (bicyclic) bond motifs is 1. The summed E-state index contributed by atoms with van der Waals surface area (Å²) in [5.74, 6) is 4.40. The Labute approximate surface area is 208 Å². The molecule has 0 unspecified atom stereocenters. The van der Waals surface area contributed by atoms with Crippen molar-refractivity contribution >= 4 is 11.7 Å². The molecule has 7 rings (SSSR count). The number of amides is 1. The van der Waals surface area contributed by atoms with Gasteiger partial charge < -0.3 is 10.1 Å². The summed E-state index contributed by atoms with van der Waals surface area (Å²) in [7, 11) is 0. The lowest BCUT2D eigenvalue weighted by molar-refractivity contribution is -0.124. The summed E-state index contributed by atoms with van der Waals surface area (Å²) in [4.78, 5) is 24.7. The van der Waals surface area contributed by atoms with E-state index in [0.717, 1.165) is 66.6 Å². The minimum absolute atomic E-state index is 0.152. The van der Waals surface area contributed by atoms with Gasteiger partial charge in [0.05, 0.1) is 11.8 Å². The van der Waals surface area contributed by atoms with E-state index >= 15 is 0 Å². The SMILES string of the molecule is CC(C)Oc1ccc(CN2CCc3c(ncnc3NC(=O)CC34CC5CC(CC(C5)C3)C4)C2)cc1. The van der Waals surface area contributed by atoms with Crippen LogP contribution in [0.5, 0.6) is 5.75 Å². The van der Waals surface area contributed by atoms with Crippen LogP contribution in [0.1, 0.15) is 75.6 Å². The summed E-state index contributed by atoms with van der Waals surface area (Å²) >= 11 is 0. The van der Waals surface area contributed by atoms with Crippen LogP contribution in [0.2, 0.25) is 0 Å². The fourth-order valence-electron chi connectivity index (χ4n) is 7.88. The first-order valence-electron chi connectivity index (χ1n) is 13.5. The third-order valence-electron chi connectivity index (χ3n) is 8.75. The summed E-state index contributed by atoms with van der Waals surface area (Å²) < 4.78 is 5.76. The molecule has 1 aliphatic heterocycles. The van der Waals surface area contributed by atoms with Gasteiger partial charge in [-0.1, -0.05) is 12.1 Å². The lowest BCUT2D eigenvalue weighted by atomic mass is 9.49. The average molecular weight is 475 g/mol. The largest absolute Gasteiger partial charge is 0.491 e. The van der Waals surface area contributed by atoms with Crippen LogP contribution in [0.3, 0.4) is 0 Å². The molecule has 6 nitrogen and oxygen atoms in total. The summed E-state index contributed by atoms with van der Waals surface area (Å²) in [5, 5.41) is 3.21. The first-order chi connectivity index (χ1) is 16.9. The van der Waals surface area contributed by atoms with Crippen molar-refractivity contribution in [3.05, 3.63) is 47.4 Å². The lowest BCUT2D eigenvalue weighted by Gasteiger charge is -2.56. The predicted molar refractivity (Wildman–Crippen MR) is 136 cm³/mol. The fraction of sp³-hybridized carbons (Fsp3) is 0.621. The van der Waals surface area contributed by atoms with Gasteiger partial charge in [0.15, 0.2) is 0 Å². The van der Waals surface area contributed by atoms with Crippen LogP contribution in [0, 0.1) is 23.2 Å². The highest BCUT2D eigenvalue weighted by Crippen LogP contribution is 2.61. The van der Waals surface area contributed by atoms with Crippen LogP contribution in [-0.2, 0) is 24.3 Å². The number of nitrogens with one attached hydrogen (secondary N) is 1. The molecule has 0 spiro atoms. The van der Waals surface area contributed by atoms with Gasteiger partial charge in [-0.2, -0.15) is 0 Å². The van der Waals surface area contributed by atoms with Crippen molar-refractivity contribution in [1.29, 1.82) is 0 Å². The first-order valence-corrected chi connectivity index (χ1v) is 13.5. The van der Waals surface area contributed by atoms with E-state index in [1.807, 2.05) is 26.0 Å². The van der Waals surface area contributed by atoms with Crippen LogP contribution in [-0.4, -0.2) is 33.4 Å². The predicted octanol–water partition coefficient (Wildman–Crippen LogP) is 5.37. The van der Waals surface area contributed by atoms with Gasteiger partial charge in [-0.3, -0.25) is 9.69 Å². The quantitative estimate of drug-likeness (QED) is 0.585. The molecule has 4 bridgehead atoms. The summed E-state index contributed by atoms with van der Waals surface area (Å²) in [6.07, 6.45) is 11.3. The second kappa shape index (κ2) is 9.20. The number of benzene rings is 1. The number of anilines is 1. The van der Waals surface area contributed by atoms with Crippen LogP contribution in [0.15, 0.2) is 30.6 Å². The number of hydrogen-bond acceptors (Lipinski definition) is 5. The molecule has 1 aromatic heterocycles. The van der Waals surface area contributed by atoms with Gasteiger partial charge in [-0.25, -0.2) is 9.97 Å². The first kappa shape index (κ1) is 23.0. The van der Waals surface area contributed by atoms with Crippen LogP contribution >= 0.6 is 0 Å². The van der Waals surface area contributed by atoms with Gasteiger partial charge in [0.25, 0.3) is 0 Å². The molecule has 0 radical (unpaired) electrons. The zero-order valence-corrected chi connectivity index (χ0v) is 21.1. The lowest BCUT2D eigenvalue weighted by Crippen LogP contribution is -2.47. The number of nitrogens with zero attached hydrogens (tertiary/aromatic N) is 3. The van der Waals surface area contributed by atoms with Crippen molar-refractivity contribution in [1.82, 2.24) is 14.9 Å². The maximum absolute atomic E-state index is 13.2. The molecule has 4 aliphatic carbocycles. The Morgan fingerprint density at radius 2 is 1.77 bits per heavy atom. The average Bonchev–Trinajstić information content (AvgIpc) is 2.79. The molecule has 35 heavy (non-hydrogen) atoms. The number of rotatable bonds is 7. The molecule has 2 aromatic rings. The van der Waals surface area contributed by atoms with Gasteiger partial charge in [0.2, 0.25) is 5.91 Å². The van der Waals surface area contributed by atoms with Crippen molar-refractivity contribution in [2.45, 2.75) is 84.4 Å². The molecule has 4 fully saturated rings. The molecule has 4 saturated carbocycles. The van der Waals surface area contributed by atoms with Gasteiger partial charge >= 0.3 is 0 Å². The smallest absolute Gasteiger partial charge is 0.226 e. The molecule has 1 N–H and O–H groups in total. The summed E-state index contributed by atoms with van der Waals surface area (Å²) in [6.45, 7) is 6.67. The molecular weight excluding hydrogens is 436 g/mol. The number of carbonyl (C=O) groups excluding carboxylic acids is 1. The monoisotopic (exact) mass is 474 g/mol. The van der Waals surface area contributed by atoms with Crippen molar-refractivity contribution < 1.29 is 9.53 Å². The van der Waals surface area contributed by atoms with E-state index in [-0.39, 0.29) is 17.4 Å². The maximum Gasteiger partial charge on any atom is 0.226 e. The molecule has 5 aliphatic rings. The van der Waals surface area contributed by atoms with Crippen LogP contribution < -0.4 is 10.1 Å². The molecule has 0 saturated heterocycles. The van der Waals surface area contributed by atoms with Gasteiger partial charge in [0, 0.05) is 31.6 Å². The van der Waals surface area contributed by atoms with E-state index in [1.54, 1.807) is 6.33 Å². The van der Waals surface area contributed by atoms with Crippen LogP contribution in [0.25, 0.3) is 0 Å². The highest BCUT2D eigenvalue weighted by atomic mass is 16.5. The van der Waals surface area contributed by atoms with E-state index in [0.29, 0.717) is 6.42 Å². The summed E-state index contributed by atoms with van der Waals surface area (Å²) in [6, 6.07) is 8.38. The Morgan fingerprint density at radius 3 is 2.43 bits per heavy atom. The minimum Gasteiger partial charge on any atom is -0.491 e. The fourth-order valence-corrected chi connectivity index (χ4v) is 7.88. The number of ether oxygens (including phenoxy) is 1. The zero-order chi connectivity index (χ0) is 24.0. The number of carbonyl (C=O) groups is 1. The van der Waals surface area contributed by atoms with Crippen molar-refractivity contribution in [3.63, 3.8) is 0 Å². The topological polar surface area (TPSA) is 67.3 Å². The van der Waals surface area contributed by atoms with E-state index < -0.39 is 0 Å². The Hall–Kier alpha value is -2.47. The van der Waals surface area contributed by atoms with Gasteiger partial charge in [-0.15, -0.1) is 0 Å². The normalized spacial score (nSPS) is 29.3. The van der Waals surface area contributed by atoms with Gasteiger partial charge in [-0.05, 0) is 99.7 Å². The van der Waals surface area contributed by atoms with E-state index in [2.05, 4.69) is 32.3 Å². The standard InChI is InChI=1S/C29H38N4O2/c1-19(2)35-24-5-3-20(4-6-24)16-33-8-7-25-26(17-33)30-18-31-28(25)32-27(34)15-29-12-21-9-22(13-29)11-23(10-21)14-29/h3-6,18-19,21-23H,7-17H2,1-2H3,(H,30,31,32,34). The maximum atomic E-state index is 13.2. The van der Waals surface area contributed by atoms with Crippen molar-refractivity contribution in [3.8, 4) is 5.75 Å². The molecule has 0 atom stereocenters. The van der Waals surface area contributed by atoms with Crippen LogP contribution in [0.4, 0.5) is 5.82 Å². The van der Waals surface area contributed by atoms with E-state index in [9.17, 15) is 4.79 Å². The third-order valence-corrected chi connectivity index (χ3v) is 8.75. The third kappa shape index (κ3) is 4.95. The molecule has 6 heteroatoms. The zero-order valence-electron chi connectivity index (χ0n) is 21.1. The Morgan fingerprint density at radius 1 is 1.09 bits per heavy atom. The summed E-state index contributed by atoms with van der Waals surface area (Å²) in [5.41, 5.74) is 3.67. The second-order valence-corrected chi connectivity index (χ2v) is 12.1. The van der Waals surface area contributed by atoms with Crippen molar-refractivity contribution in [2.75, 3.05) is 11.9 Å².